The minimum atomic E-state index is -0.0784. The van der Waals surface area contributed by atoms with Gasteiger partial charge in [0.15, 0.2) is 0 Å². The summed E-state index contributed by atoms with van der Waals surface area (Å²) in [6.07, 6.45) is 1.74. The molecular formula is C24H25N3OS. The zero-order valence-corrected chi connectivity index (χ0v) is 17.8. The molecule has 0 atom stereocenters. The molecule has 0 saturated heterocycles. The quantitative estimate of drug-likeness (QED) is 0.487. The normalized spacial score (nSPS) is 11.7. The second kappa shape index (κ2) is 7.84. The van der Waals surface area contributed by atoms with Crippen LogP contribution >= 0.6 is 11.3 Å². The number of benzene rings is 1. The van der Waals surface area contributed by atoms with Crippen LogP contribution in [-0.2, 0) is 18.5 Å². The van der Waals surface area contributed by atoms with Crippen LogP contribution in [0.2, 0.25) is 0 Å². The molecule has 4 rings (SSSR count). The van der Waals surface area contributed by atoms with Crippen LogP contribution in [0.15, 0.2) is 66.2 Å². The van der Waals surface area contributed by atoms with Crippen LogP contribution < -0.4 is 5.32 Å². The van der Waals surface area contributed by atoms with Crippen molar-refractivity contribution in [3.05, 3.63) is 88.7 Å². The van der Waals surface area contributed by atoms with E-state index in [2.05, 4.69) is 71.4 Å². The fourth-order valence-corrected chi connectivity index (χ4v) is 4.21. The third-order valence-corrected chi connectivity index (χ3v) is 5.93. The van der Waals surface area contributed by atoms with Crippen LogP contribution in [0, 0.1) is 0 Å². The lowest BCUT2D eigenvalue weighted by molar-refractivity contribution is 0.0942. The van der Waals surface area contributed by atoms with Crippen LogP contribution in [-0.4, -0.2) is 15.5 Å². The van der Waals surface area contributed by atoms with Gasteiger partial charge in [-0.3, -0.25) is 9.78 Å². The van der Waals surface area contributed by atoms with Crippen LogP contribution in [0.1, 0.15) is 48.1 Å². The summed E-state index contributed by atoms with van der Waals surface area (Å²) in [7, 11) is 0. The largest absolute Gasteiger partial charge is 0.345 e. The third kappa shape index (κ3) is 4.25. The second-order valence-corrected chi connectivity index (χ2v) is 9.18. The predicted molar refractivity (Wildman–Crippen MR) is 119 cm³/mol. The highest BCUT2D eigenvalue weighted by atomic mass is 32.1. The molecule has 3 heterocycles. The first-order valence-corrected chi connectivity index (χ1v) is 10.6. The molecule has 4 nitrogen and oxygen atoms in total. The van der Waals surface area contributed by atoms with E-state index in [0.717, 1.165) is 15.9 Å². The van der Waals surface area contributed by atoms with Crippen molar-refractivity contribution in [1.82, 2.24) is 14.9 Å². The number of rotatable bonds is 5. The molecule has 3 aromatic heterocycles. The fraction of sp³-hybridized carbons (Fsp3) is 0.250. The van der Waals surface area contributed by atoms with E-state index in [-0.39, 0.29) is 11.3 Å². The standard InChI is InChI=1S/C24H25N3OS/c1-24(2,3)18-9-7-17(8-10-18)16-27-20-11-13-29-22(20)14-21(27)23(28)26-15-19-6-4-5-12-25-19/h4-14H,15-16H2,1-3H3,(H,26,28). The number of hydrogen-bond donors (Lipinski definition) is 1. The molecule has 0 radical (unpaired) electrons. The Labute approximate surface area is 175 Å². The number of amides is 1. The second-order valence-electron chi connectivity index (χ2n) is 8.24. The Kier molecular flexibility index (Phi) is 5.24. The van der Waals surface area contributed by atoms with Gasteiger partial charge >= 0.3 is 0 Å². The SMILES string of the molecule is CC(C)(C)c1ccc(Cn2c(C(=O)NCc3ccccn3)cc3sccc32)cc1. The van der Waals surface area contributed by atoms with Crippen LogP contribution in [0.3, 0.4) is 0 Å². The van der Waals surface area contributed by atoms with Gasteiger partial charge in [-0.05, 0) is 46.2 Å². The van der Waals surface area contributed by atoms with Crippen molar-refractivity contribution in [3.8, 4) is 0 Å². The van der Waals surface area contributed by atoms with Gasteiger partial charge in [0.1, 0.15) is 5.69 Å². The number of carbonyl (C=O) groups is 1. The van der Waals surface area contributed by atoms with Crippen molar-refractivity contribution in [2.45, 2.75) is 39.3 Å². The van der Waals surface area contributed by atoms with E-state index in [9.17, 15) is 4.79 Å². The lowest BCUT2D eigenvalue weighted by Gasteiger charge is -2.19. The summed E-state index contributed by atoms with van der Waals surface area (Å²) in [5.41, 5.74) is 5.24. The topological polar surface area (TPSA) is 46.9 Å². The molecular weight excluding hydrogens is 378 g/mol. The van der Waals surface area contributed by atoms with Crippen molar-refractivity contribution < 1.29 is 4.79 Å². The Morgan fingerprint density at radius 2 is 1.90 bits per heavy atom. The zero-order chi connectivity index (χ0) is 20.4. The summed E-state index contributed by atoms with van der Waals surface area (Å²) in [5.74, 6) is -0.0784. The Balaban J connectivity index is 1.58. The fourth-order valence-electron chi connectivity index (χ4n) is 3.39. The molecule has 0 aliphatic carbocycles. The summed E-state index contributed by atoms with van der Waals surface area (Å²) < 4.78 is 3.23. The van der Waals surface area contributed by atoms with Crippen LogP contribution in [0.5, 0.6) is 0 Å². The van der Waals surface area contributed by atoms with Gasteiger partial charge in [-0.15, -0.1) is 11.3 Å². The molecule has 0 saturated carbocycles. The Hall–Kier alpha value is -2.92. The smallest absolute Gasteiger partial charge is 0.268 e. The number of nitrogens with zero attached hydrogens (tertiary/aromatic N) is 2. The summed E-state index contributed by atoms with van der Waals surface area (Å²) >= 11 is 1.66. The molecule has 5 heteroatoms. The van der Waals surface area contributed by atoms with Gasteiger partial charge in [0.05, 0.1) is 22.5 Å². The molecule has 0 aliphatic heterocycles. The van der Waals surface area contributed by atoms with E-state index in [1.165, 1.54) is 11.1 Å². The maximum atomic E-state index is 12.9. The maximum absolute atomic E-state index is 12.9. The van der Waals surface area contributed by atoms with Crippen molar-refractivity contribution >= 4 is 27.5 Å². The number of aromatic nitrogens is 2. The van der Waals surface area contributed by atoms with Gasteiger partial charge in [-0.25, -0.2) is 0 Å². The van der Waals surface area contributed by atoms with E-state index in [0.29, 0.717) is 18.8 Å². The van der Waals surface area contributed by atoms with Crippen molar-refractivity contribution in [2.24, 2.45) is 0 Å². The lowest BCUT2D eigenvalue weighted by atomic mass is 9.87. The summed E-state index contributed by atoms with van der Waals surface area (Å²) in [4.78, 5) is 17.2. The zero-order valence-electron chi connectivity index (χ0n) is 17.0. The summed E-state index contributed by atoms with van der Waals surface area (Å²) in [6.45, 7) is 7.72. The lowest BCUT2D eigenvalue weighted by Crippen LogP contribution is -2.26. The van der Waals surface area contributed by atoms with Gasteiger partial charge in [-0.1, -0.05) is 51.1 Å². The van der Waals surface area contributed by atoms with Crippen LogP contribution in [0.25, 0.3) is 10.2 Å². The molecule has 148 valence electrons. The van der Waals surface area contributed by atoms with Gasteiger partial charge < -0.3 is 9.88 Å². The Bertz CT molecular complexity index is 1120. The number of carbonyl (C=O) groups excluding carboxylic acids is 1. The van der Waals surface area contributed by atoms with E-state index >= 15 is 0 Å². The number of fused-ring (bicyclic) bond motifs is 1. The average molecular weight is 404 g/mol. The summed E-state index contributed by atoms with van der Waals surface area (Å²) in [6, 6.07) is 18.5. The molecule has 1 N–H and O–H groups in total. The van der Waals surface area contributed by atoms with Gasteiger partial charge in [0, 0.05) is 12.7 Å². The minimum absolute atomic E-state index is 0.0784. The number of pyridine rings is 1. The van der Waals surface area contributed by atoms with Crippen LogP contribution in [0.4, 0.5) is 0 Å². The van der Waals surface area contributed by atoms with E-state index in [4.69, 9.17) is 0 Å². The molecule has 0 fully saturated rings. The molecule has 0 bridgehead atoms. The monoisotopic (exact) mass is 403 g/mol. The first-order chi connectivity index (χ1) is 13.9. The molecule has 0 unspecified atom stereocenters. The first kappa shape index (κ1) is 19.4. The molecule has 1 aromatic carbocycles. The maximum Gasteiger partial charge on any atom is 0.268 e. The molecule has 0 aliphatic rings. The highest BCUT2D eigenvalue weighted by Gasteiger charge is 2.18. The van der Waals surface area contributed by atoms with E-state index in [1.54, 1.807) is 17.5 Å². The molecule has 1 amide bonds. The van der Waals surface area contributed by atoms with Gasteiger partial charge in [-0.2, -0.15) is 0 Å². The molecule has 29 heavy (non-hydrogen) atoms. The highest BCUT2D eigenvalue weighted by molar-refractivity contribution is 7.17. The van der Waals surface area contributed by atoms with Crippen molar-refractivity contribution in [2.75, 3.05) is 0 Å². The first-order valence-electron chi connectivity index (χ1n) is 9.76. The predicted octanol–water partition coefficient (Wildman–Crippen LogP) is 5.37. The van der Waals surface area contributed by atoms with E-state index in [1.807, 2.05) is 24.3 Å². The molecule has 4 aromatic rings. The van der Waals surface area contributed by atoms with Crippen molar-refractivity contribution in [1.29, 1.82) is 0 Å². The Morgan fingerprint density at radius 1 is 1.10 bits per heavy atom. The number of thiophene rings is 1. The number of hydrogen-bond acceptors (Lipinski definition) is 3. The van der Waals surface area contributed by atoms with Gasteiger partial charge in [0.25, 0.3) is 5.91 Å². The van der Waals surface area contributed by atoms with Crippen molar-refractivity contribution in [3.63, 3.8) is 0 Å². The third-order valence-electron chi connectivity index (χ3n) is 5.07. The molecule has 0 spiro atoms. The van der Waals surface area contributed by atoms with E-state index < -0.39 is 0 Å². The number of nitrogens with one attached hydrogen (secondary N) is 1. The average Bonchev–Trinajstić information content (AvgIpc) is 3.29. The summed E-state index contributed by atoms with van der Waals surface area (Å²) in [5, 5.41) is 5.07. The highest BCUT2D eigenvalue weighted by Crippen LogP contribution is 2.27. The van der Waals surface area contributed by atoms with Gasteiger partial charge in [0.2, 0.25) is 0 Å². The Morgan fingerprint density at radius 3 is 2.59 bits per heavy atom. The minimum Gasteiger partial charge on any atom is -0.345 e.